The number of hydrogen-bond acceptors (Lipinski definition) is 7. The first-order chi connectivity index (χ1) is 15.8. The molecule has 1 aliphatic heterocycles. The minimum Gasteiger partial charge on any atom is -0.472 e. The Balaban J connectivity index is 1.60. The van der Waals surface area contributed by atoms with Gasteiger partial charge in [0.15, 0.2) is 0 Å². The molecule has 4 rings (SSSR count). The maximum atomic E-state index is 13.6. The van der Waals surface area contributed by atoms with E-state index in [9.17, 15) is 13.6 Å². The quantitative estimate of drug-likeness (QED) is 0.604. The van der Waals surface area contributed by atoms with Crippen LogP contribution in [-0.4, -0.2) is 56.1 Å². The first-order valence-corrected chi connectivity index (χ1v) is 10.5. The van der Waals surface area contributed by atoms with Gasteiger partial charge in [0.2, 0.25) is 5.88 Å². The molecule has 2 atom stereocenters. The van der Waals surface area contributed by atoms with Gasteiger partial charge in [0.1, 0.15) is 17.5 Å². The van der Waals surface area contributed by atoms with E-state index in [-0.39, 0.29) is 35.1 Å². The summed E-state index contributed by atoms with van der Waals surface area (Å²) in [4.78, 5) is 20.7. The molecule has 0 aliphatic carbocycles. The lowest BCUT2D eigenvalue weighted by Gasteiger charge is -2.38. The number of amides is 1. The Labute approximate surface area is 189 Å². The van der Waals surface area contributed by atoms with E-state index in [1.807, 2.05) is 13.8 Å². The van der Waals surface area contributed by atoms with Gasteiger partial charge in [-0.05, 0) is 44.9 Å². The first-order valence-electron chi connectivity index (χ1n) is 10.5. The van der Waals surface area contributed by atoms with Crippen LogP contribution in [0.3, 0.4) is 0 Å². The van der Waals surface area contributed by atoms with Gasteiger partial charge in [0, 0.05) is 29.6 Å². The molecule has 0 saturated carbocycles. The molecule has 2 aromatic heterocycles. The normalized spacial score (nSPS) is 18.4. The number of piperidine rings is 1. The molecule has 1 aliphatic rings. The third kappa shape index (κ3) is 4.86. The number of aromatic nitrogens is 4. The smallest absolute Gasteiger partial charge is 0.387 e. The van der Waals surface area contributed by atoms with Crippen molar-refractivity contribution in [2.24, 2.45) is 0 Å². The van der Waals surface area contributed by atoms with Crippen LogP contribution in [0, 0.1) is 6.92 Å². The molecule has 33 heavy (non-hydrogen) atoms. The molecular weight excluding hydrogens is 434 g/mol. The van der Waals surface area contributed by atoms with Crippen LogP contribution in [0.1, 0.15) is 35.7 Å². The molecule has 1 saturated heterocycles. The molecule has 11 heteroatoms. The van der Waals surface area contributed by atoms with Gasteiger partial charge < -0.3 is 20.1 Å². The van der Waals surface area contributed by atoms with E-state index in [2.05, 4.69) is 19.9 Å². The Bertz CT molecular complexity index is 1130. The molecule has 2 N–H and O–H groups in total. The van der Waals surface area contributed by atoms with Crippen LogP contribution in [0.15, 0.2) is 42.9 Å². The van der Waals surface area contributed by atoms with Gasteiger partial charge in [-0.3, -0.25) is 4.79 Å². The molecule has 174 valence electrons. The zero-order valence-corrected chi connectivity index (χ0v) is 18.2. The topological polar surface area (TPSA) is 108 Å². The fourth-order valence-corrected chi connectivity index (χ4v) is 3.79. The number of carbonyl (C=O) groups is 1. The summed E-state index contributed by atoms with van der Waals surface area (Å²) in [5.74, 6) is 0.0609. The Morgan fingerprint density at radius 3 is 2.67 bits per heavy atom. The van der Waals surface area contributed by atoms with E-state index in [4.69, 9.17) is 10.5 Å². The van der Waals surface area contributed by atoms with E-state index in [0.29, 0.717) is 18.1 Å². The number of nitrogens with two attached hydrogens (primary N) is 1. The van der Waals surface area contributed by atoms with Crippen molar-refractivity contribution in [3.8, 4) is 17.3 Å². The van der Waals surface area contributed by atoms with Crippen molar-refractivity contribution in [2.45, 2.75) is 45.4 Å². The second-order valence-corrected chi connectivity index (χ2v) is 7.83. The third-order valence-corrected chi connectivity index (χ3v) is 5.64. The monoisotopic (exact) mass is 458 g/mol. The average molecular weight is 458 g/mol. The molecule has 9 nitrogen and oxygen atoms in total. The second kappa shape index (κ2) is 9.39. The number of likely N-dealkylation sites (tertiary alicyclic amines) is 1. The Morgan fingerprint density at radius 1 is 1.18 bits per heavy atom. The van der Waals surface area contributed by atoms with Gasteiger partial charge in [-0.1, -0.05) is 0 Å². The summed E-state index contributed by atoms with van der Waals surface area (Å²) in [6, 6.07) is 5.74. The summed E-state index contributed by atoms with van der Waals surface area (Å²) in [5.41, 5.74) is 7.78. The molecular formula is C22H24F2N6O3. The minimum absolute atomic E-state index is 0.0531. The number of carbonyl (C=O) groups excluding carboxylic acids is 1. The lowest BCUT2D eigenvalue weighted by molar-refractivity contribution is -0.0498. The van der Waals surface area contributed by atoms with Crippen LogP contribution < -0.4 is 15.2 Å². The van der Waals surface area contributed by atoms with Crippen molar-refractivity contribution >= 4 is 11.6 Å². The fraction of sp³-hybridized carbons (Fsp3) is 0.364. The molecule has 3 heterocycles. The van der Waals surface area contributed by atoms with Crippen molar-refractivity contribution in [1.29, 1.82) is 0 Å². The van der Waals surface area contributed by atoms with Gasteiger partial charge in [0.05, 0.1) is 24.5 Å². The summed E-state index contributed by atoms with van der Waals surface area (Å²) >= 11 is 0. The van der Waals surface area contributed by atoms with Crippen LogP contribution in [0.5, 0.6) is 11.6 Å². The van der Waals surface area contributed by atoms with E-state index in [1.165, 1.54) is 35.4 Å². The van der Waals surface area contributed by atoms with Crippen molar-refractivity contribution in [3.63, 3.8) is 0 Å². The molecule has 2 unspecified atom stereocenters. The molecule has 3 aromatic rings. The second-order valence-electron chi connectivity index (χ2n) is 7.83. The first kappa shape index (κ1) is 22.4. The Hall–Kier alpha value is -3.76. The number of alkyl halides is 2. The molecule has 1 aromatic carbocycles. The minimum atomic E-state index is -2.99. The highest BCUT2D eigenvalue weighted by molar-refractivity contribution is 5.98. The molecule has 1 fully saturated rings. The highest BCUT2D eigenvalue weighted by atomic mass is 19.3. The molecule has 0 radical (unpaired) electrons. The number of anilines is 1. The van der Waals surface area contributed by atoms with Gasteiger partial charge in [-0.15, -0.1) is 0 Å². The maximum Gasteiger partial charge on any atom is 0.387 e. The van der Waals surface area contributed by atoms with Crippen LogP contribution in [0.2, 0.25) is 0 Å². The summed E-state index contributed by atoms with van der Waals surface area (Å²) in [5, 5.41) is 8.10. The molecule has 0 bridgehead atoms. The van der Waals surface area contributed by atoms with Crippen LogP contribution >= 0.6 is 0 Å². The zero-order chi connectivity index (χ0) is 23.5. The Morgan fingerprint density at radius 2 is 1.94 bits per heavy atom. The number of nitrogen functional groups attached to an aromatic ring is 1. The lowest BCUT2D eigenvalue weighted by Crippen LogP contribution is -2.49. The largest absolute Gasteiger partial charge is 0.472 e. The SMILES string of the molecule is Cc1c(N)ccnc1OC1CCC(C)N(C(=O)c2ccc(OC(F)F)cc2-n2nccn2)C1. The summed E-state index contributed by atoms with van der Waals surface area (Å²) < 4.78 is 36.0. The van der Waals surface area contributed by atoms with Crippen LogP contribution in [0.25, 0.3) is 5.69 Å². The predicted molar refractivity (Wildman–Crippen MR) is 116 cm³/mol. The average Bonchev–Trinajstić information content (AvgIpc) is 3.32. The molecule has 0 spiro atoms. The highest BCUT2D eigenvalue weighted by Gasteiger charge is 2.32. The van der Waals surface area contributed by atoms with Gasteiger partial charge in [-0.2, -0.15) is 23.8 Å². The third-order valence-electron chi connectivity index (χ3n) is 5.64. The van der Waals surface area contributed by atoms with Crippen molar-refractivity contribution in [2.75, 3.05) is 12.3 Å². The number of rotatable bonds is 6. The number of hydrogen-bond donors (Lipinski definition) is 1. The number of ether oxygens (including phenoxy) is 2. The van der Waals surface area contributed by atoms with E-state index in [0.717, 1.165) is 18.4 Å². The van der Waals surface area contributed by atoms with Crippen molar-refractivity contribution in [1.82, 2.24) is 24.9 Å². The number of benzene rings is 1. The lowest BCUT2D eigenvalue weighted by atomic mass is 9.99. The van der Waals surface area contributed by atoms with Crippen molar-refractivity contribution < 1.29 is 23.0 Å². The molecule has 1 amide bonds. The van der Waals surface area contributed by atoms with Crippen molar-refractivity contribution in [3.05, 3.63) is 54.0 Å². The van der Waals surface area contributed by atoms with Crippen LogP contribution in [0.4, 0.5) is 14.5 Å². The van der Waals surface area contributed by atoms with Gasteiger partial charge >= 0.3 is 6.61 Å². The van der Waals surface area contributed by atoms with Crippen LogP contribution in [-0.2, 0) is 0 Å². The predicted octanol–water partition coefficient (Wildman–Crippen LogP) is 3.23. The standard InChI is InChI=1S/C22H24F2N6O3/c1-13-3-4-16(32-20-14(2)18(25)7-8-26-20)12-29(13)21(31)17-6-5-15(33-22(23)24)11-19(17)30-27-9-10-28-30/h5-11,13,16,22H,3-4,12H2,1-2H3,(H2,25,26). The number of pyridine rings is 1. The summed E-state index contributed by atoms with van der Waals surface area (Å²) in [7, 11) is 0. The fourth-order valence-electron chi connectivity index (χ4n) is 3.79. The summed E-state index contributed by atoms with van der Waals surface area (Å²) in [6.45, 7) is 1.13. The van der Waals surface area contributed by atoms with Gasteiger partial charge in [-0.25, -0.2) is 4.98 Å². The van der Waals surface area contributed by atoms with E-state index >= 15 is 0 Å². The number of halogens is 2. The van der Waals surface area contributed by atoms with E-state index in [1.54, 1.807) is 17.2 Å². The Kier molecular flexibility index (Phi) is 6.38. The summed E-state index contributed by atoms with van der Waals surface area (Å²) in [6.07, 6.45) is 5.64. The van der Waals surface area contributed by atoms with Gasteiger partial charge in [0.25, 0.3) is 5.91 Å². The zero-order valence-electron chi connectivity index (χ0n) is 18.2. The highest BCUT2D eigenvalue weighted by Crippen LogP contribution is 2.29. The maximum absolute atomic E-state index is 13.6. The van der Waals surface area contributed by atoms with E-state index < -0.39 is 6.61 Å². The number of nitrogens with zero attached hydrogens (tertiary/aromatic N) is 5.